The molecular weight excluding hydrogens is 516 g/mol. The highest BCUT2D eigenvalue weighted by atomic mass is 16.6. The van der Waals surface area contributed by atoms with Crippen LogP contribution in [-0.2, 0) is 19.0 Å². The highest BCUT2D eigenvalue weighted by molar-refractivity contribution is 5.90. The first-order valence-corrected chi connectivity index (χ1v) is 15.1. The van der Waals surface area contributed by atoms with E-state index in [2.05, 4.69) is 19.9 Å². The van der Waals surface area contributed by atoms with Gasteiger partial charge in [0.1, 0.15) is 18.3 Å². The van der Waals surface area contributed by atoms with Crippen LogP contribution in [0.4, 0.5) is 0 Å². The molecule has 6 nitrogen and oxygen atoms in total. The zero-order chi connectivity index (χ0) is 28.8. The molecule has 3 fully saturated rings. The van der Waals surface area contributed by atoms with Crippen LogP contribution in [0.2, 0.25) is 0 Å². The lowest BCUT2D eigenvalue weighted by Gasteiger charge is -2.59. The molecule has 3 saturated carbocycles. The summed E-state index contributed by atoms with van der Waals surface area (Å²) >= 11 is 0. The third kappa shape index (κ3) is 5.00. The second-order valence-electron chi connectivity index (χ2n) is 13.0. The van der Waals surface area contributed by atoms with Crippen molar-refractivity contribution in [2.45, 2.75) is 84.0 Å². The fourth-order valence-corrected chi connectivity index (χ4v) is 8.72. The van der Waals surface area contributed by atoms with E-state index in [1.807, 2.05) is 36.4 Å². The maximum atomic E-state index is 13.4. The summed E-state index contributed by atoms with van der Waals surface area (Å²) in [4.78, 5) is 38.2. The Morgan fingerprint density at radius 1 is 0.732 bits per heavy atom. The maximum Gasteiger partial charge on any atom is 0.338 e. The Balaban J connectivity index is 1.32. The van der Waals surface area contributed by atoms with Gasteiger partial charge in [-0.3, -0.25) is 4.79 Å². The molecule has 0 saturated heterocycles. The summed E-state index contributed by atoms with van der Waals surface area (Å²) in [6, 6.07) is 18.4. The van der Waals surface area contributed by atoms with Crippen LogP contribution in [-0.4, -0.2) is 36.2 Å². The Morgan fingerprint density at radius 3 is 2.00 bits per heavy atom. The molecule has 0 amide bonds. The SMILES string of the molecule is CC(=O)O[C@H]1CC[C@@]2(C)C(=C[C@H](OC(=O)c3ccccc3)C3C2CC[C@@]2(C)C3CC[C@@H]2OC(=O)c2ccccc2)C1. The van der Waals surface area contributed by atoms with Crippen molar-refractivity contribution in [3.63, 3.8) is 0 Å². The minimum Gasteiger partial charge on any atom is -0.462 e. The summed E-state index contributed by atoms with van der Waals surface area (Å²) in [5, 5.41) is 0. The van der Waals surface area contributed by atoms with Crippen molar-refractivity contribution in [3.8, 4) is 0 Å². The van der Waals surface area contributed by atoms with E-state index >= 15 is 0 Å². The molecule has 6 heteroatoms. The predicted octanol–water partition coefficient (Wildman–Crippen LogP) is 6.94. The van der Waals surface area contributed by atoms with Crippen molar-refractivity contribution in [1.29, 1.82) is 0 Å². The Hall–Kier alpha value is -3.41. The first-order chi connectivity index (χ1) is 19.7. The normalized spacial score (nSPS) is 35.6. The molecule has 4 aliphatic rings. The van der Waals surface area contributed by atoms with Crippen LogP contribution in [0.5, 0.6) is 0 Å². The summed E-state index contributed by atoms with van der Waals surface area (Å²) in [6.45, 7) is 6.10. The lowest BCUT2D eigenvalue weighted by atomic mass is 9.47. The van der Waals surface area contributed by atoms with Gasteiger partial charge in [-0.15, -0.1) is 0 Å². The van der Waals surface area contributed by atoms with Crippen LogP contribution in [0.3, 0.4) is 0 Å². The molecule has 0 aromatic heterocycles. The third-order valence-electron chi connectivity index (χ3n) is 10.8. The fourth-order valence-electron chi connectivity index (χ4n) is 8.72. The summed E-state index contributed by atoms with van der Waals surface area (Å²) in [5.74, 6) is -0.135. The average molecular weight is 557 g/mol. The number of esters is 3. The molecular formula is C35H40O6. The van der Waals surface area contributed by atoms with Crippen LogP contribution in [0.25, 0.3) is 0 Å². The minimum atomic E-state index is -0.389. The number of benzene rings is 2. The molecule has 3 unspecified atom stereocenters. The maximum absolute atomic E-state index is 13.4. The Morgan fingerprint density at radius 2 is 1.37 bits per heavy atom. The lowest BCUT2D eigenvalue weighted by molar-refractivity contribution is -0.149. The van der Waals surface area contributed by atoms with Gasteiger partial charge in [-0.1, -0.05) is 55.8 Å². The van der Waals surface area contributed by atoms with Crippen LogP contribution >= 0.6 is 0 Å². The standard InChI is InChI=1S/C35H40O6/c1-22(36)39-26-16-18-34(2)25(20-26)21-29(40-32(37)23-10-6-4-7-11-23)31-27-14-15-30(35(27,3)19-17-28(31)34)41-33(38)24-12-8-5-9-13-24/h4-13,21,26-31H,14-20H2,1-3H3/t26-,27?,28?,29-,30-,31?,34-,35-/m0/s1. The van der Waals surface area contributed by atoms with Crippen molar-refractivity contribution >= 4 is 17.9 Å². The van der Waals surface area contributed by atoms with Crippen molar-refractivity contribution in [1.82, 2.24) is 0 Å². The molecule has 8 atom stereocenters. The monoisotopic (exact) mass is 556 g/mol. The summed E-state index contributed by atoms with van der Waals surface area (Å²) in [7, 11) is 0. The molecule has 0 spiro atoms. The van der Waals surface area contributed by atoms with Crippen LogP contribution in [0, 0.1) is 28.6 Å². The van der Waals surface area contributed by atoms with Gasteiger partial charge in [0.25, 0.3) is 0 Å². The topological polar surface area (TPSA) is 78.9 Å². The van der Waals surface area contributed by atoms with E-state index in [-0.39, 0.29) is 58.9 Å². The molecule has 216 valence electrons. The Bertz CT molecular complexity index is 1330. The van der Waals surface area contributed by atoms with E-state index in [9.17, 15) is 14.4 Å². The highest BCUT2D eigenvalue weighted by Crippen LogP contribution is 2.65. The molecule has 2 aromatic carbocycles. The van der Waals surface area contributed by atoms with E-state index in [0.29, 0.717) is 23.5 Å². The molecule has 6 rings (SSSR count). The molecule has 4 aliphatic carbocycles. The van der Waals surface area contributed by atoms with Crippen LogP contribution in [0.15, 0.2) is 72.3 Å². The van der Waals surface area contributed by atoms with E-state index < -0.39 is 0 Å². The van der Waals surface area contributed by atoms with Gasteiger partial charge >= 0.3 is 17.9 Å². The number of carbonyl (C=O) groups excluding carboxylic acids is 3. The molecule has 2 aromatic rings. The first-order valence-electron chi connectivity index (χ1n) is 15.1. The van der Waals surface area contributed by atoms with Gasteiger partial charge in [-0.25, -0.2) is 9.59 Å². The molecule has 0 aliphatic heterocycles. The van der Waals surface area contributed by atoms with E-state index in [1.54, 1.807) is 24.3 Å². The molecule has 0 radical (unpaired) electrons. The second-order valence-corrected chi connectivity index (χ2v) is 13.0. The zero-order valence-corrected chi connectivity index (χ0v) is 24.2. The van der Waals surface area contributed by atoms with Crippen LogP contribution < -0.4 is 0 Å². The average Bonchev–Trinajstić information content (AvgIpc) is 3.30. The van der Waals surface area contributed by atoms with Crippen molar-refractivity contribution in [2.75, 3.05) is 0 Å². The van der Waals surface area contributed by atoms with Crippen LogP contribution in [0.1, 0.15) is 86.4 Å². The fraction of sp³-hybridized carbons (Fsp3) is 0.514. The van der Waals surface area contributed by atoms with Crippen molar-refractivity contribution in [2.24, 2.45) is 28.6 Å². The molecule has 0 N–H and O–H groups in total. The second kappa shape index (κ2) is 10.8. The summed E-state index contributed by atoms with van der Waals surface area (Å²) < 4.78 is 18.2. The van der Waals surface area contributed by atoms with Gasteiger partial charge in [0, 0.05) is 24.7 Å². The summed E-state index contributed by atoms with van der Waals surface area (Å²) in [6.07, 6.45) is 7.61. The molecule has 0 heterocycles. The number of ether oxygens (including phenoxy) is 3. The highest BCUT2D eigenvalue weighted by Gasteiger charge is 2.62. The minimum absolute atomic E-state index is 0.0445. The zero-order valence-electron chi connectivity index (χ0n) is 24.2. The number of hydrogen-bond donors (Lipinski definition) is 0. The number of hydrogen-bond acceptors (Lipinski definition) is 6. The van der Waals surface area contributed by atoms with E-state index in [4.69, 9.17) is 14.2 Å². The third-order valence-corrected chi connectivity index (χ3v) is 10.8. The number of carbonyl (C=O) groups is 3. The first kappa shape index (κ1) is 27.7. The molecule has 0 bridgehead atoms. The quantitative estimate of drug-likeness (QED) is 0.225. The van der Waals surface area contributed by atoms with E-state index in [1.165, 1.54) is 12.5 Å². The predicted molar refractivity (Wildman–Crippen MR) is 154 cm³/mol. The smallest absolute Gasteiger partial charge is 0.338 e. The Labute approximate surface area is 242 Å². The van der Waals surface area contributed by atoms with Gasteiger partial charge in [0.2, 0.25) is 0 Å². The van der Waals surface area contributed by atoms with E-state index in [0.717, 1.165) is 38.5 Å². The van der Waals surface area contributed by atoms with Gasteiger partial charge in [0.05, 0.1) is 11.1 Å². The number of fused-ring (bicyclic) bond motifs is 5. The number of rotatable bonds is 5. The Kier molecular flexibility index (Phi) is 7.29. The van der Waals surface area contributed by atoms with Gasteiger partial charge in [-0.05, 0) is 86.1 Å². The van der Waals surface area contributed by atoms with Gasteiger partial charge in [-0.2, -0.15) is 0 Å². The lowest BCUT2D eigenvalue weighted by Crippen LogP contribution is -2.56. The van der Waals surface area contributed by atoms with Crippen molar-refractivity contribution < 1.29 is 28.6 Å². The summed E-state index contributed by atoms with van der Waals surface area (Å²) in [5.41, 5.74) is 2.12. The van der Waals surface area contributed by atoms with Crippen molar-refractivity contribution in [3.05, 3.63) is 83.4 Å². The van der Waals surface area contributed by atoms with Gasteiger partial charge < -0.3 is 14.2 Å². The van der Waals surface area contributed by atoms with Gasteiger partial charge in [0.15, 0.2) is 0 Å². The molecule has 41 heavy (non-hydrogen) atoms. The largest absolute Gasteiger partial charge is 0.462 e.